The largest absolute Gasteiger partial charge is 0.326 e. The van der Waals surface area contributed by atoms with E-state index in [1.165, 1.54) is 24.2 Å². The molecule has 0 saturated carbocycles. The molecule has 1 aliphatic rings. The molecule has 0 bridgehead atoms. The molecular weight excluding hydrogens is 368 g/mol. The smallest absolute Gasteiger partial charge is 0.242 e. The van der Waals surface area contributed by atoms with Crippen LogP contribution in [0.5, 0.6) is 0 Å². The number of hydrogen-bond acceptors (Lipinski definition) is 5. The molecule has 0 radical (unpaired) electrons. The molecule has 1 aliphatic heterocycles. The van der Waals surface area contributed by atoms with Crippen LogP contribution in [0.2, 0.25) is 0 Å². The van der Waals surface area contributed by atoms with Crippen LogP contribution in [0.25, 0.3) is 0 Å². The number of hydrogen-bond donors (Lipinski definition) is 2. The summed E-state index contributed by atoms with van der Waals surface area (Å²) >= 11 is 6.53. The first-order chi connectivity index (χ1) is 9.03. The molecule has 0 aromatic carbocycles. The average molecular weight is 385 g/mol. The van der Waals surface area contributed by atoms with Crippen molar-refractivity contribution < 1.29 is 8.42 Å². The monoisotopic (exact) mass is 384 g/mol. The van der Waals surface area contributed by atoms with Gasteiger partial charge in [0.2, 0.25) is 10.0 Å². The van der Waals surface area contributed by atoms with Gasteiger partial charge >= 0.3 is 0 Å². The zero-order valence-corrected chi connectivity index (χ0v) is 14.4. The van der Waals surface area contributed by atoms with Crippen LogP contribution in [0.1, 0.15) is 24.1 Å². The molecule has 8 heteroatoms. The zero-order chi connectivity index (χ0) is 13.9. The normalized spacial score (nSPS) is 20.6. The van der Waals surface area contributed by atoms with E-state index in [2.05, 4.69) is 20.7 Å². The highest BCUT2D eigenvalue weighted by Gasteiger charge is 2.22. The number of rotatable bonds is 5. The number of thiophene rings is 1. The first-order valence-corrected chi connectivity index (χ1v) is 10.3. The maximum atomic E-state index is 12.2. The molecular formula is C11H17BrN2O2S3. The van der Waals surface area contributed by atoms with Crippen LogP contribution < -0.4 is 10.5 Å². The highest BCUT2D eigenvalue weighted by molar-refractivity contribution is 9.11. The van der Waals surface area contributed by atoms with Gasteiger partial charge in [0, 0.05) is 23.2 Å². The van der Waals surface area contributed by atoms with E-state index >= 15 is 0 Å². The summed E-state index contributed by atoms with van der Waals surface area (Å²) in [7, 11) is -3.43. The van der Waals surface area contributed by atoms with E-state index in [-0.39, 0.29) is 0 Å². The van der Waals surface area contributed by atoms with Crippen molar-refractivity contribution >= 4 is 49.1 Å². The minimum Gasteiger partial charge on any atom is -0.326 e. The van der Waals surface area contributed by atoms with Crippen molar-refractivity contribution in [3.05, 3.63) is 14.7 Å². The summed E-state index contributed by atoms with van der Waals surface area (Å²) in [6.07, 6.45) is 3.52. The van der Waals surface area contributed by atoms with Crippen LogP contribution in [-0.2, 0) is 16.6 Å². The quantitative estimate of drug-likeness (QED) is 0.817. The van der Waals surface area contributed by atoms with Crippen LogP contribution in [0.15, 0.2) is 14.7 Å². The first kappa shape index (κ1) is 15.8. The Morgan fingerprint density at radius 3 is 2.84 bits per heavy atom. The lowest BCUT2D eigenvalue weighted by Crippen LogP contribution is -2.31. The number of nitrogens with two attached hydrogens (primary N) is 1. The van der Waals surface area contributed by atoms with Gasteiger partial charge in [-0.15, -0.1) is 11.3 Å². The molecule has 1 unspecified atom stereocenters. The van der Waals surface area contributed by atoms with Gasteiger partial charge in [0.15, 0.2) is 0 Å². The van der Waals surface area contributed by atoms with Gasteiger partial charge in [-0.2, -0.15) is 11.8 Å². The van der Waals surface area contributed by atoms with E-state index in [9.17, 15) is 8.42 Å². The molecule has 1 aromatic rings. The van der Waals surface area contributed by atoms with Gasteiger partial charge in [0.05, 0.1) is 3.79 Å². The van der Waals surface area contributed by atoms with Crippen LogP contribution in [0.3, 0.4) is 0 Å². The van der Waals surface area contributed by atoms with Crippen molar-refractivity contribution in [3.8, 4) is 0 Å². The molecule has 4 nitrogen and oxygen atoms in total. The van der Waals surface area contributed by atoms with E-state index in [4.69, 9.17) is 5.73 Å². The molecule has 1 fully saturated rings. The Morgan fingerprint density at radius 1 is 1.47 bits per heavy atom. The Kier molecular flexibility index (Phi) is 5.74. The minimum atomic E-state index is -3.43. The molecule has 108 valence electrons. The van der Waals surface area contributed by atoms with E-state index in [0.29, 0.717) is 27.0 Å². The molecule has 2 rings (SSSR count). The lowest BCUT2D eigenvalue weighted by atomic mass is 10.2. The maximum absolute atomic E-state index is 12.2. The maximum Gasteiger partial charge on any atom is 0.242 e. The lowest BCUT2D eigenvalue weighted by Gasteiger charge is -2.21. The Balaban J connectivity index is 2.02. The molecule has 0 spiro atoms. The number of thioether (sulfide) groups is 1. The fourth-order valence-corrected chi connectivity index (χ4v) is 6.92. The lowest BCUT2D eigenvalue weighted by molar-refractivity contribution is 0.573. The molecule has 0 aliphatic carbocycles. The fourth-order valence-electron chi connectivity index (χ4n) is 1.93. The summed E-state index contributed by atoms with van der Waals surface area (Å²) in [5.74, 6) is 1.13. The van der Waals surface area contributed by atoms with Crippen LogP contribution in [0.4, 0.5) is 0 Å². The molecule has 19 heavy (non-hydrogen) atoms. The zero-order valence-electron chi connectivity index (χ0n) is 10.4. The van der Waals surface area contributed by atoms with Crippen LogP contribution >= 0.6 is 39.0 Å². The van der Waals surface area contributed by atoms with Crippen molar-refractivity contribution in [2.24, 2.45) is 5.73 Å². The Morgan fingerprint density at radius 2 is 2.26 bits per heavy atom. The van der Waals surface area contributed by atoms with Crippen molar-refractivity contribution in [1.82, 2.24) is 4.72 Å². The second kappa shape index (κ2) is 6.91. The van der Waals surface area contributed by atoms with Gasteiger partial charge < -0.3 is 5.73 Å². The number of sulfonamides is 1. The third-order valence-electron chi connectivity index (χ3n) is 2.97. The third-order valence-corrected chi connectivity index (χ3v) is 8.07. The minimum absolute atomic E-state index is 0.304. The van der Waals surface area contributed by atoms with Crippen molar-refractivity contribution in [3.63, 3.8) is 0 Å². The standard InChI is InChI=1S/C11H17BrN2O2S3/c12-11-10(5-9(6-13)18-11)19(15,16)14-7-8-3-1-2-4-17-8/h5,8,14H,1-4,6-7,13H2. The predicted molar refractivity (Wildman–Crippen MR) is 85.2 cm³/mol. The highest BCUT2D eigenvalue weighted by Crippen LogP contribution is 2.31. The first-order valence-electron chi connectivity index (χ1n) is 6.12. The van der Waals surface area contributed by atoms with Gasteiger partial charge in [0.25, 0.3) is 0 Å². The Hall–Kier alpha value is 0.400. The summed E-state index contributed by atoms with van der Waals surface area (Å²) in [4.78, 5) is 1.16. The van der Waals surface area contributed by atoms with E-state index in [1.54, 1.807) is 6.07 Å². The molecule has 1 saturated heterocycles. The number of halogens is 1. The van der Waals surface area contributed by atoms with Gasteiger partial charge in [-0.1, -0.05) is 6.42 Å². The van der Waals surface area contributed by atoms with Gasteiger partial charge in [-0.05, 0) is 40.6 Å². The van der Waals surface area contributed by atoms with Crippen molar-refractivity contribution in [2.75, 3.05) is 12.3 Å². The fraction of sp³-hybridized carbons (Fsp3) is 0.636. The molecule has 1 aromatic heterocycles. The van der Waals surface area contributed by atoms with E-state index in [0.717, 1.165) is 17.1 Å². The van der Waals surface area contributed by atoms with E-state index in [1.807, 2.05) is 11.8 Å². The van der Waals surface area contributed by atoms with Crippen molar-refractivity contribution in [1.29, 1.82) is 0 Å². The van der Waals surface area contributed by atoms with Crippen LogP contribution in [0, 0.1) is 0 Å². The molecule has 0 amide bonds. The summed E-state index contributed by atoms with van der Waals surface area (Å²) < 4.78 is 27.8. The highest BCUT2D eigenvalue weighted by atomic mass is 79.9. The second-order valence-corrected chi connectivity index (χ2v) is 9.99. The van der Waals surface area contributed by atoms with Crippen LogP contribution in [-0.4, -0.2) is 26.0 Å². The number of nitrogens with one attached hydrogen (secondary N) is 1. The van der Waals surface area contributed by atoms with Gasteiger partial charge in [-0.25, -0.2) is 13.1 Å². The average Bonchev–Trinajstić information content (AvgIpc) is 2.80. The van der Waals surface area contributed by atoms with E-state index < -0.39 is 10.0 Å². The summed E-state index contributed by atoms with van der Waals surface area (Å²) in [6.45, 7) is 0.866. The Bertz CT molecular complexity index is 524. The van der Waals surface area contributed by atoms with Gasteiger partial charge in [0.1, 0.15) is 4.90 Å². The van der Waals surface area contributed by atoms with Gasteiger partial charge in [-0.3, -0.25) is 0 Å². The predicted octanol–water partition coefficient (Wildman–Crippen LogP) is 2.53. The second-order valence-electron chi connectivity index (χ2n) is 4.40. The summed E-state index contributed by atoms with van der Waals surface area (Å²) in [5.41, 5.74) is 5.54. The summed E-state index contributed by atoms with van der Waals surface area (Å²) in [6, 6.07) is 1.64. The summed E-state index contributed by atoms with van der Waals surface area (Å²) in [5, 5.41) is 0.398. The SMILES string of the molecule is NCc1cc(S(=O)(=O)NCC2CCCCS2)c(Br)s1. The molecule has 1 atom stereocenters. The molecule has 2 heterocycles. The molecule has 3 N–H and O–H groups in total. The third kappa shape index (κ3) is 4.18. The Labute approximate surface area is 130 Å². The topological polar surface area (TPSA) is 72.2 Å². The van der Waals surface area contributed by atoms with Crippen molar-refractivity contribution in [2.45, 2.75) is 36.0 Å².